The molecule has 1 unspecified atom stereocenters. The summed E-state index contributed by atoms with van der Waals surface area (Å²) in [5.41, 5.74) is 2.59. The van der Waals surface area contributed by atoms with Crippen molar-refractivity contribution < 1.29 is 9.90 Å². The molecule has 24 heavy (non-hydrogen) atoms. The normalized spacial score (nSPS) is 12.5. The summed E-state index contributed by atoms with van der Waals surface area (Å²) in [6.45, 7) is 4.13. The molecule has 2 rings (SSSR count). The summed E-state index contributed by atoms with van der Waals surface area (Å²) < 4.78 is 1.72. The highest BCUT2D eigenvalue weighted by atomic mass is 35.5. The zero-order valence-corrected chi connectivity index (χ0v) is 14.9. The Morgan fingerprint density at radius 3 is 2.71 bits per heavy atom. The first kappa shape index (κ1) is 18.2. The van der Waals surface area contributed by atoms with Gasteiger partial charge in [-0.05, 0) is 25.5 Å². The molecule has 0 radical (unpaired) electrons. The molecule has 1 amide bonds. The minimum Gasteiger partial charge on any atom is -0.394 e. The van der Waals surface area contributed by atoms with E-state index in [4.69, 9.17) is 16.7 Å². The molecule has 0 spiro atoms. The molecular formula is C18H22ClN3O2. The lowest BCUT2D eigenvalue weighted by Gasteiger charge is -2.21. The lowest BCUT2D eigenvalue weighted by Crippen LogP contribution is -2.36. The summed E-state index contributed by atoms with van der Waals surface area (Å²) in [4.78, 5) is 13.6. The van der Waals surface area contributed by atoms with Gasteiger partial charge >= 0.3 is 0 Å². The summed E-state index contributed by atoms with van der Waals surface area (Å²) in [7, 11) is 1.65. The predicted molar refractivity (Wildman–Crippen MR) is 95.9 cm³/mol. The average molecular weight is 348 g/mol. The van der Waals surface area contributed by atoms with Gasteiger partial charge in [0.2, 0.25) is 5.91 Å². The van der Waals surface area contributed by atoms with Crippen LogP contribution in [0.1, 0.15) is 23.7 Å². The average Bonchev–Trinajstić information content (AvgIpc) is 2.85. The van der Waals surface area contributed by atoms with Crippen molar-refractivity contribution in [2.45, 2.75) is 26.4 Å². The van der Waals surface area contributed by atoms with E-state index in [-0.39, 0.29) is 18.6 Å². The second kappa shape index (κ2) is 8.13. The fraction of sp³-hybridized carbons (Fsp3) is 0.333. The van der Waals surface area contributed by atoms with E-state index in [2.05, 4.69) is 5.10 Å². The smallest absolute Gasteiger partial charge is 0.246 e. The first-order valence-electron chi connectivity index (χ1n) is 7.76. The molecular weight excluding hydrogens is 326 g/mol. The van der Waals surface area contributed by atoms with Crippen molar-refractivity contribution >= 4 is 23.6 Å². The van der Waals surface area contributed by atoms with Crippen LogP contribution in [0, 0.1) is 6.92 Å². The Balaban J connectivity index is 2.17. The van der Waals surface area contributed by atoms with Gasteiger partial charge in [0, 0.05) is 18.7 Å². The molecule has 6 heteroatoms. The fourth-order valence-corrected chi connectivity index (χ4v) is 2.53. The molecule has 1 aromatic carbocycles. The minimum absolute atomic E-state index is 0.0785. The van der Waals surface area contributed by atoms with E-state index in [9.17, 15) is 4.79 Å². The van der Waals surface area contributed by atoms with Crippen molar-refractivity contribution in [2.24, 2.45) is 0 Å². The largest absolute Gasteiger partial charge is 0.394 e. The van der Waals surface area contributed by atoms with Crippen LogP contribution in [-0.2, 0) is 11.3 Å². The molecule has 0 aliphatic rings. The number of likely N-dealkylation sites (N-methyl/N-ethyl adjacent to an activating group) is 1. The molecule has 0 aliphatic carbocycles. The van der Waals surface area contributed by atoms with Gasteiger partial charge in [-0.15, -0.1) is 0 Å². The number of carbonyl (C=O) groups excluding carboxylic acids is 1. The van der Waals surface area contributed by atoms with Crippen molar-refractivity contribution in [1.82, 2.24) is 14.7 Å². The van der Waals surface area contributed by atoms with Crippen LogP contribution in [0.5, 0.6) is 0 Å². The van der Waals surface area contributed by atoms with Crippen molar-refractivity contribution in [3.8, 4) is 0 Å². The van der Waals surface area contributed by atoms with Crippen LogP contribution in [0.15, 0.2) is 36.4 Å². The number of benzene rings is 1. The molecule has 1 atom stereocenters. The third-order valence-electron chi connectivity index (χ3n) is 3.95. The third kappa shape index (κ3) is 4.24. The van der Waals surface area contributed by atoms with Crippen molar-refractivity contribution in [3.63, 3.8) is 0 Å². The summed E-state index contributed by atoms with van der Waals surface area (Å²) in [6, 6.07) is 9.69. The van der Waals surface area contributed by atoms with Crippen LogP contribution in [-0.4, -0.2) is 45.4 Å². The summed E-state index contributed by atoms with van der Waals surface area (Å²) >= 11 is 6.42. The van der Waals surface area contributed by atoms with E-state index in [0.29, 0.717) is 11.7 Å². The van der Waals surface area contributed by atoms with E-state index in [1.54, 1.807) is 24.7 Å². The Bertz CT molecular complexity index is 725. The van der Waals surface area contributed by atoms with Gasteiger partial charge < -0.3 is 10.0 Å². The first-order chi connectivity index (χ1) is 11.4. The lowest BCUT2D eigenvalue weighted by atomic mass is 10.2. The van der Waals surface area contributed by atoms with Crippen molar-refractivity contribution in [2.75, 3.05) is 13.7 Å². The molecule has 1 heterocycles. The van der Waals surface area contributed by atoms with E-state index in [0.717, 1.165) is 16.8 Å². The van der Waals surface area contributed by atoms with Gasteiger partial charge in [0.1, 0.15) is 5.15 Å². The highest BCUT2D eigenvalue weighted by Gasteiger charge is 2.14. The molecule has 0 bridgehead atoms. The zero-order chi connectivity index (χ0) is 17.7. The van der Waals surface area contributed by atoms with E-state index >= 15 is 0 Å². The molecule has 2 aromatic rings. The van der Waals surface area contributed by atoms with Gasteiger partial charge in [0.15, 0.2) is 0 Å². The van der Waals surface area contributed by atoms with Crippen LogP contribution >= 0.6 is 11.6 Å². The second-order valence-electron chi connectivity index (χ2n) is 5.75. The van der Waals surface area contributed by atoms with Crippen molar-refractivity contribution in [3.05, 3.63) is 58.4 Å². The predicted octanol–water partition coefficient (Wildman–Crippen LogP) is 2.75. The number of hydrogen-bond acceptors (Lipinski definition) is 3. The lowest BCUT2D eigenvalue weighted by molar-refractivity contribution is -0.127. The van der Waals surface area contributed by atoms with Gasteiger partial charge in [-0.25, -0.2) is 4.68 Å². The van der Waals surface area contributed by atoms with Crippen LogP contribution in [0.3, 0.4) is 0 Å². The molecule has 5 nitrogen and oxygen atoms in total. The Morgan fingerprint density at radius 2 is 2.08 bits per heavy atom. The van der Waals surface area contributed by atoms with Crippen LogP contribution in [0.2, 0.25) is 5.15 Å². The molecule has 128 valence electrons. The number of carbonyl (C=O) groups is 1. The molecule has 0 saturated carbocycles. The SMILES string of the molecule is Cc1nn(Cc2ccccc2)c(Cl)c1/C=C/C(=O)N(C)C(C)CO. The Labute approximate surface area is 147 Å². The van der Waals surface area contributed by atoms with Gasteiger partial charge in [0.05, 0.1) is 24.9 Å². The van der Waals surface area contributed by atoms with Crippen molar-refractivity contribution in [1.29, 1.82) is 0 Å². The van der Waals surface area contributed by atoms with Gasteiger partial charge in [-0.1, -0.05) is 41.9 Å². The number of aliphatic hydroxyl groups is 1. The highest BCUT2D eigenvalue weighted by Crippen LogP contribution is 2.22. The van der Waals surface area contributed by atoms with Gasteiger partial charge in [-0.3, -0.25) is 4.79 Å². The zero-order valence-electron chi connectivity index (χ0n) is 14.1. The van der Waals surface area contributed by atoms with Crippen LogP contribution in [0.4, 0.5) is 0 Å². The second-order valence-corrected chi connectivity index (χ2v) is 6.11. The van der Waals surface area contributed by atoms with E-state index < -0.39 is 0 Å². The third-order valence-corrected chi connectivity index (χ3v) is 4.35. The van der Waals surface area contributed by atoms with Gasteiger partial charge in [0.25, 0.3) is 0 Å². The number of halogens is 1. The number of hydrogen-bond donors (Lipinski definition) is 1. The van der Waals surface area contributed by atoms with Crippen LogP contribution < -0.4 is 0 Å². The van der Waals surface area contributed by atoms with E-state index in [1.807, 2.05) is 37.3 Å². The number of nitrogens with zero attached hydrogens (tertiary/aromatic N) is 3. The number of rotatable bonds is 6. The monoisotopic (exact) mass is 347 g/mol. The maximum absolute atomic E-state index is 12.1. The molecule has 0 saturated heterocycles. The Morgan fingerprint density at radius 1 is 1.42 bits per heavy atom. The summed E-state index contributed by atoms with van der Waals surface area (Å²) in [6.07, 6.45) is 3.13. The Kier molecular flexibility index (Phi) is 6.17. The summed E-state index contributed by atoms with van der Waals surface area (Å²) in [5, 5.41) is 14.1. The minimum atomic E-state index is -0.237. The molecule has 0 fully saturated rings. The number of aliphatic hydroxyl groups excluding tert-OH is 1. The fourth-order valence-electron chi connectivity index (χ4n) is 2.23. The molecule has 0 aliphatic heterocycles. The first-order valence-corrected chi connectivity index (χ1v) is 8.14. The number of aryl methyl sites for hydroxylation is 1. The standard InChI is InChI=1S/C18H22ClN3O2/c1-13(12-23)21(3)17(24)10-9-16-14(2)20-22(18(16)19)11-15-7-5-4-6-8-15/h4-10,13,23H,11-12H2,1-3H3/b10-9+. The van der Waals surface area contributed by atoms with Gasteiger partial charge in [-0.2, -0.15) is 5.10 Å². The quantitative estimate of drug-likeness (QED) is 0.817. The molecule has 1 aromatic heterocycles. The highest BCUT2D eigenvalue weighted by molar-refractivity contribution is 6.31. The maximum atomic E-state index is 12.1. The molecule has 1 N–H and O–H groups in total. The number of aromatic nitrogens is 2. The number of amides is 1. The van der Waals surface area contributed by atoms with Crippen LogP contribution in [0.25, 0.3) is 6.08 Å². The maximum Gasteiger partial charge on any atom is 0.246 e. The summed E-state index contributed by atoms with van der Waals surface area (Å²) in [5.74, 6) is -0.192. The topological polar surface area (TPSA) is 58.4 Å². The van der Waals surface area contributed by atoms with E-state index in [1.165, 1.54) is 11.0 Å². The Hall–Kier alpha value is -2.11.